The largest absolute Gasteiger partial charge is 0.299 e. The molecule has 0 aromatic carbocycles. The lowest BCUT2D eigenvalue weighted by molar-refractivity contribution is -0.127. The molecule has 0 aromatic heterocycles. The van der Waals surface area contributed by atoms with E-state index in [0.717, 1.165) is 12.3 Å². The molecule has 1 heteroatoms. The minimum absolute atomic E-state index is 0.182. The second-order valence-electron chi connectivity index (χ2n) is 10.5. The van der Waals surface area contributed by atoms with Crippen LogP contribution in [-0.4, -0.2) is 5.78 Å². The Kier molecular flexibility index (Phi) is 11.1. The molecule has 0 aliphatic heterocycles. The summed E-state index contributed by atoms with van der Waals surface area (Å²) < 4.78 is 0. The zero-order valence-corrected chi connectivity index (χ0v) is 18.8. The predicted molar refractivity (Wildman–Crippen MR) is 116 cm³/mol. The lowest BCUT2D eigenvalue weighted by Gasteiger charge is -2.40. The SMILES string of the molecule is CC(=O)C(C)(C)CC(C)(C)C1CCCCCCCCCCCCCCC1. The van der Waals surface area contributed by atoms with Gasteiger partial charge in [-0.2, -0.15) is 0 Å². The van der Waals surface area contributed by atoms with Gasteiger partial charge < -0.3 is 0 Å². The Morgan fingerprint density at radius 2 is 0.962 bits per heavy atom. The number of hydrogen-bond donors (Lipinski definition) is 0. The van der Waals surface area contributed by atoms with Crippen LogP contribution in [0.15, 0.2) is 0 Å². The summed E-state index contributed by atoms with van der Waals surface area (Å²) in [6.07, 6.45) is 22.3. The number of Topliss-reactive ketones (excluding diaryl/α,β-unsaturated/α-hetero) is 1. The van der Waals surface area contributed by atoms with Crippen molar-refractivity contribution in [3.63, 3.8) is 0 Å². The molecular formula is C25H48O. The van der Waals surface area contributed by atoms with Gasteiger partial charge in [-0.3, -0.25) is 4.79 Å². The Morgan fingerprint density at radius 3 is 1.27 bits per heavy atom. The smallest absolute Gasteiger partial charge is 0.135 e. The number of ketones is 1. The molecule has 1 saturated carbocycles. The van der Waals surface area contributed by atoms with E-state index in [1.165, 1.54) is 96.3 Å². The first kappa shape index (κ1) is 23.7. The van der Waals surface area contributed by atoms with Crippen molar-refractivity contribution in [3.8, 4) is 0 Å². The summed E-state index contributed by atoms with van der Waals surface area (Å²) in [5.74, 6) is 1.12. The van der Waals surface area contributed by atoms with Crippen molar-refractivity contribution in [2.45, 2.75) is 137 Å². The van der Waals surface area contributed by atoms with Gasteiger partial charge in [-0.15, -0.1) is 0 Å². The predicted octanol–water partition coefficient (Wildman–Crippen LogP) is 8.50. The van der Waals surface area contributed by atoms with E-state index in [1.807, 2.05) is 0 Å². The first-order valence-corrected chi connectivity index (χ1v) is 11.8. The van der Waals surface area contributed by atoms with Crippen LogP contribution in [-0.2, 0) is 4.79 Å². The Hall–Kier alpha value is -0.330. The highest BCUT2D eigenvalue weighted by atomic mass is 16.1. The van der Waals surface area contributed by atoms with Gasteiger partial charge in [0.15, 0.2) is 0 Å². The highest BCUT2D eigenvalue weighted by molar-refractivity contribution is 5.81. The van der Waals surface area contributed by atoms with E-state index in [0.29, 0.717) is 5.78 Å². The maximum absolute atomic E-state index is 12.1. The van der Waals surface area contributed by atoms with E-state index < -0.39 is 0 Å². The van der Waals surface area contributed by atoms with Gasteiger partial charge in [-0.25, -0.2) is 0 Å². The van der Waals surface area contributed by atoms with Crippen LogP contribution in [0.2, 0.25) is 0 Å². The van der Waals surface area contributed by atoms with Crippen molar-refractivity contribution in [1.82, 2.24) is 0 Å². The van der Waals surface area contributed by atoms with Gasteiger partial charge in [-0.1, -0.05) is 111 Å². The van der Waals surface area contributed by atoms with Gasteiger partial charge in [0.25, 0.3) is 0 Å². The molecule has 0 radical (unpaired) electrons. The molecule has 1 rings (SSSR count). The number of carbonyl (C=O) groups is 1. The van der Waals surface area contributed by atoms with Crippen LogP contribution in [0.5, 0.6) is 0 Å². The van der Waals surface area contributed by atoms with Crippen LogP contribution in [0.3, 0.4) is 0 Å². The lowest BCUT2D eigenvalue weighted by atomic mass is 9.64. The van der Waals surface area contributed by atoms with E-state index in [9.17, 15) is 4.79 Å². The minimum Gasteiger partial charge on any atom is -0.299 e. The van der Waals surface area contributed by atoms with Crippen molar-refractivity contribution in [1.29, 1.82) is 0 Å². The van der Waals surface area contributed by atoms with Gasteiger partial charge >= 0.3 is 0 Å². The topological polar surface area (TPSA) is 17.1 Å². The van der Waals surface area contributed by atoms with Crippen molar-refractivity contribution < 1.29 is 4.79 Å². The summed E-state index contributed by atoms with van der Waals surface area (Å²) in [4.78, 5) is 12.1. The van der Waals surface area contributed by atoms with E-state index in [1.54, 1.807) is 6.92 Å². The first-order valence-electron chi connectivity index (χ1n) is 11.8. The summed E-state index contributed by atoms with van der Waals surface area (Å²) in [7, 11) is 0. The second-order valence-corrected chi connectivity index (χ2v) is 10.5. The van der Waals surface area contributed by atoms with Crippen LogP contribution in [0.4, 0.5) is 0 Å². The number of carbonyl (C=O) groups excluding carboxylic acids is 1. The fourth-order valence-electron chi connectivity index (χ4n) is 5.06. The summed E-state index contributed by atoms with van der Waals surface area (Å²) in [5, 5.41) is 0. The van der Waals surface area contributed by atoms with Crippen LogP contribution < -0.4 is 0 Å². The summed E-state index contributed by atoms with van der Waals surface area (Å²) in [6, 6.07) is 0. The fourth-order valence-corrected chi connectivity index (χ4v) is 5.06. The molecule has 0 bridgehead atoms. The highest BCUT2D eigenvalue weighted by Gasteiger charge is 2.36. The zero-order valence-electron chi connectivity index (χ0n) is 18.8. The average molecular weight is 365 g/mol. The maximum atomic E-state index is 12.1. The van der Waals surface area contributed by atoms with Crippen molar-refractivity contribution >= 4 is 5.78 Å². The quantitative estimate of drug-likeness (QED) is 0.488. The Balaban J connectivity index is 2.62. The molecular weight excluding hydrogens is 316 g/mol. The van der Waals surface area contributed by atoms with E-state index in [-0.39, 0.29) is 10.8 Å². The number of rotatable bonds is 4. The molecule has 154 valence electrons. The third kappa shape index (κ3) is 9.56. The maximum Gasteiger partial charge on any atom is 0.135 e. The minimum atomic E-state index is -0.182. The Labute approximate surface area is 165 Å². The Morgan fingerprint density at radius 1 is 0.654 bits per heavy atom. The van der Waals surface area contributed by atoms with Crippen molar-refractivity contribution in [2.24, 2.45) is 16.7 Å². The molecule has 0 saturated heterocycles. The number of hydrogen-bond acceptors (Lipinski definition) is 1. The lowest BCUT2D eigenvalue weighted by Crippen LogP contribution is -2.34. The molecule has 26 heavy (non-hydrogen) atoms. The molecule has 0 atom stereocenters. The third-order valence-corrected chi connectivity index (χ3v) is 7.06. The van der Waals surface area contributed by atoms with E-state index >= 15 is 0 Å². The van der Waals surface area contributed by atoms with Crippen molar-refractivity contribution in [2.75, 3.05) is 0 Å². The van der Waals surface area contributed by atoms with E-state index in [4.69, 9.17) is 0 Å². The third-order valence-electron chi connectivity index (χ3n) is 7.06. The standard InChI is InChI=1S/C25H48O/c1-22(26)24(2,3)21-25(4,5)23-19-17-15-13-11-9-7-6-8-10-12-14-16-18-20-23/h23H,6-21H2,1-5H3. The van der Waals surface area contributed by atoms with Crippen LogP contribution in [0.1, 0.15) is 137 Å². The van der Waals surface area contributed by atoms with Gasteiger partial charge in [0.05, 0.1) is 0 Å². The molecule has 0 N–H and O–H groups in total. The van der Waals surface area contributed by atoms with Crippen LogP contribution in [0, 0.1) is 16.7 Å². The normalized spacial score (nSPS) is 21.4. The molecule has 0 aromatic rings. The van der Waals surface area contributed by atoms with E-state index in [2.05, 4.69) is 27.7 Å². The molecule has 0 amide bonds. The summed E-state index contributed by atoms with van der Waals surface area (Å²) in [5.41, 5.74) is 0.0827. The highest BCUT2D eigenvalue weighted by Crippen LogP contribution is 2.44. The molecule has 0 unspecified atom stereocenters. The van der Waals surface area contributed by atoms with Crippen LogP contribution >= 0.6 is 0 Å². The molecule has 0 spiro atoms. The van der Waals surface area contributed by atoms with Crippen molar-refractivity contribution in [3.05, 3.63) is 0 Å². The molecule has 1 nitrogen and oxygen atoms in total. The zero-order chi connectivity index (χ0) is 19.5. The average Bonchev–Trinajstić information content (AvgIpc) is 2.53. The van der Waals surface area contributed by atoms with Gasteiger partial charge in [-0.05, 0) is 37.5 Å². The molecule has 1 aliphatic rings. The monoisotopic (exact) mass is 364 g/mol. The Bertz CT molecular complexity index is 364. The molecule has 1 fully saturated rings. The second kappa shape index (κ2) is 12.2. The van der Waals surface area contributed by atoms with Crippen LogP contribution in [0.25, 0.3) is 0 Å². The molecule has 0 heterocycles. The van der Waals surface area contributed by atoms with Gasteiger partial charge in [0.1, 0.15) is 5.78 Å². The summed E-state index contributed by atoms with van der Waals surface area (Å²) in [6.45, 7) is 10.9. The fraction of sp³-hybridized carbons (Fsp3) is 0.960. The van der Waals surface area contributed by atoms with Gasteiger partial charge in [0, 0.05) is 5.41 Å². The summed E-state index contributed by atoms with van der Waals surface area (Å²) >= 11 is 0. The molecule has 1 aliphatic carbocycles. The first-order chi connectivity index (χ1) is 12.3. The van der Waals surface area contributed by atoms with Gasteiger partial charge in [0.2, 0.25) is 0 Å².